The standard InChI is InChI=1S/C36H35N4.Ir/c1-23-13-11-12-16-27(23)33-39-31(24-14-9-8-10-15-24)38-32(40-33)26-18-20-30(37-22-26)25-17-19-28-29(21-25)35(4,5)36(6,7)34(28,2)3;/h8-16,18-22H,1-7H3;/q-1;. The quantitative estimate of drug-likeness (QED) is 0.175. The summed E-state index contributed by atoms with van der Waals surface area (Å²) in [5, 5.41) is 0. The van der Waals surface area contributed by atoms with Crippen molar-refractivity contribution in [2.24, 2.45) is 5.41 Å². The van der Waals surface area contributed by atoms with Crippen molar-refractivity contribution in [3.05, 3.63) is 108 Å². The molecule has 6 rings (SSSR count). The molecule has 0 N–H and O–H groups in total. The number of pyridine rings is 1. The van der Waals surface area contributed by atoms with Crippen molar-refractivity contribution in [1.82, 2.24) is 19.9 Å². The van der Waals surface area contributed by atoms with Crippen molar-refractivity contribution in [1.29, 1.82) is 0 Å². The number of fused-ring (bicyclic) bond motifs is 1. The van der Waals surface area contributed by atoms with Gasteiger partial charge in [-0.3, -0.25) is 0 Å². The largest absolute Gasteiger partial charge is 0.304 e. The van der Waals surface area contributed by atoms with Gasteiger partial charge in [0.05, 0.1) is 0 Å². The summed E-state index contributed by atoms with van der Waals surface area (Å²) >= 11 is 0. The van der Waals surface area contributed by atoms with Crippen LogP contribution >= 0.6 is 0 Å². The molecule has 0 bridgehead atoms. The molecule has 5 aromatic rings. The van der Waals surface area contributed by atoms with Crippen LogP contribution in [0.5, 0.6) is 0 Å². The summed E-state index contributed by atoms with van der Waals surface area (Å²) in [6, 6.07) is 30.3. The minimum Gasteiger partial charge on any atom is -0.304 e. The summed E-state index contributed by atoms with van der Waals surface area (Å²) in [6.07, 6.45) is 1.86. The zero-order chi connectivity index (χ0) is 28.3. The molecule has 0 saturated carbocycles. The molecule has 0 saturated heterocycles. The Bertz CT molecular complexity index is 1720. The maximum absolute atomic E-state index is 4.89. The zero-order valence-corrected chi connectivity index (χ0v) is 27.1. The van der Waals surface area contributed by atoms with Crippen LogP contribution in [-0.4, -0.2) is 19.9 Å². The van der Waals surface area contributed by atoms with Crippen molar-refractivity contribution < 1.29 is 20.1 Å². The van der Waals surface area contributed by atoms with Gasteiger partial charge >= 0.3 is 0 Å². The molecule has 0 unspecified atom stereocenters. The van der Waals surface area contributed by atoms with Gasteiger partial charge in [-0.15, -0.1) is 34.9 Å². The van der Waals surface area contributed by atoms with E-state index in [0.29, 0.717) is 17.5 Å². The molecule has 0 spiro atoms. The van der Waals surface area contributed by atoms with Crippen LogP contribution in [0.25, 0.3) is 45.4 Å². The van der Waals surface area contributed by atoms with Crippen molar-refractivity contribution in [2.45, 2.75) is 59.3 Å². The molecule has 0 atom stereocenters. The number of hydrogen-bond acceptors (Lipinski definition) is 4. The summed E-state index contributed by atoms with van der Waals surface area (Å²) in [5.41, 5.74) is 8.77. The number of rotatable bonds is 4. The van der Waals surface area contributed by atoms with E-state index >= 15 is 0 Å². The van der Waals surface area contributed by atoms with Crippen molar-refractivity contribution in [3.63, 3.8) is 0 Å². The minimum atomic E-state index is 0. The fourth-order valence-electron chi connectivity index (χ4n) is 5.98. The predicted molar refractivity (Wildman–Crippen MR) is 163 cm³/mol. The molecule has 1 radical (unpaired) electrons. The van der Waals surface area contributed by atoms with Gasteiger partial charge in [0.25, 0.3) is 0 Å². The Morgan fingerprint density at radius 3 is 1.90 bits per heavy atom. The van der Waals surface area contributed by atoms with Gasteiger partial charge in [0.2, 0.25) is 0 Å². The second-order valence-corrected chi connectivity index (χ2v) is 12.5. The van der Waals surface area contributed by atoms with E-state index in [-0.39, 0.29) is 36.4 Å². The van der Waals surface area contributed by atoms with Crippen molar-refractivity contribution in [2.75, 3.05) is 0 Å². The van der Waals surface area contributed by atoms with Crippen LogP contribution in [0.1, 0.15) is 58.2 Å². The smallest absolute Gasteiger partial charge is 0.165 e. The number of aryl methyl sites for hydroxylation is 1. The summed E-state index contributed by atoms with van der Waals surface area (Å²) in [5.74, 6) is 1.91. The van der Waals surface area contributed by atoms with Gasteiger partial charge in [0.1, 0.15) is 0 Å². The fraction of sp³-hybridized carbons (Fsp3) is 0.278. The van der Waals surface area contributed by atoms with Gasteiger partial charge in [-0.1, -0.05) is 108 Å². The summed E-state index contributed by atoms with van der Waals surface area (Å²) in [4.78, 5) is 19.5. The summed E-state index contributed by atoms with van der Waals surface area (Å²) in [6.45, 7) is 16.3. The third-order valence-electron chi connectivity index (χ3n) is 9.77. The Kier molecular flexibility index (Phi) is 7.34. The first-order valence-electron chi connectivity index (χ1n) is 13.9. The molecular formula is C36H35IrN4-. The van der Waals surface area contributed by atoms with Crippen LogP contribution in [0, 0.1) is 18.4 Å². The average Bonchev–Trinajstić information content (AvgIpc) is 3.07. The monoisotopic (exact) mass is 716 g/mol. The second-order valence-electron chi connectivity index (χ2n) is 12.5. The Morgan fingerprint density at radius 2 is 1.24 bits per heavy atom. The normalized spacial score (nSPS) is 16.1. The molecule has 209 valence electrons. The van der Waals surface area contributed by atoms with Crippen LogP contribution in [-0.2, 0) is 30.9 Å². The van der Waals surface area contributed by atoms with Gasteiger partial charge in [-0.25, -0.2) is 15.0 Å². The molecule has 2 aromatic heterocycles. The predicted octanol–water partition coefficient (Wildman–Crippen LogP) is 8.64. The molecule has 1 aliphatic rings. The average molecular weight is 716 g/mol. The molecular weight excluding hydrogens is 681 g/mol. The number of nitrogens with zero attached hydrogens (tertiary/aromatic N) is 4. The van der Waals surface area contributed by atoms with Gasteiger partial charge in [0.15, 0.2) is 17.5 Å². The van der Waals surface area contributed by atoms with Gasteiger partial charge in [0, 0.05) is 43.0 Å². The number of aromatic nitrogens is 4. The zero-order valence-electron chi connectivity index (χ0n) is 24.7. The van der Waals surface area contributed by atoms with Crippen molar-refractivity contribution >= 4 is 0 Å². The molecule has 4 nitrogen and oxygen atoms in total. The van der Waals surface area contributed by atoms with E-state index in [1.165, 1.54) is 11.1 Å². The Balaban J connectivity index is 0.00000337. The van der Waals surface area contributed by atoms with Gasteiger partial charge in [-0.2, -0.15) is 0 Å². The second kappa shape index (κ2) is 10.4. The third kappa shape index (κ3) is 4.66. The first-order chi connectivity index (χ1) is 19.0. The molecule has 41 heavy (non-hydrogen) atoms. The minimum absolute atomic E-state index is 0. The van der Waals surface area contributed by atoms with E-state index in [1.807, 2.05) is 60.8 Å². The molecule has 5 heteroatoms. The SMILES string of the molecule is Cc1ccccc1-c1nc(-c2ccccc2)nc(-c2ccc(-c3[c-]cc4c(c3)C(C)(C)C(C)(C)C4(C)C)nc2)n1.[Ir]. The molecule has 0 amide bonds. The van der Waals surface area contributed by atoms with Crippen LogP contribution in [0.3, 0.4) is 0 Å². The van der Waals surface area contributed by atoms with Gasteiger partial charge in [-0.05, 0) is 34.4 Å². The van der Waals surface area contributed by atoms with Crippen LogP contribution in [0.4, 0.5) is 0 Å². The van der Waals surface area contributed by atoms with Crippen molar-refractivity contribution in [3.8, 4) is 45.4 Å². The number of hydrogen-bond donors (Lipinski definition) is 0. The van der Waals surface area contributed by atoms with E-state index in [0.717, 1.165) is 33.5 Å². The molecule has 3 aromatic carbocycles. The van der Waals surface area contributed by atoms with E-state index in [1.54, 1.807) is 0 Å². The molecule has 2 heterocycles. The fourth-order valence-corrected chi connectivity index (χ4v) is 5.98. The molecule has 0 fully saturated rings. The summed E-state index contributed by atoms with van der Waals surface area (Å²) < 4.78 is 0. The number of benzene rings is 3. The first kappa shape index (κ1) is 29.0. The Labute approximate surface area is 257 Å². The van der Waals surface area contributed by atoms with E-state index in [4.69, 9.17) is 19.9 Å². The Hall–Kier alpha value is -3.53. The van der Waals surface area contributed by atoms with E-state index in [2.05, 4.69) is 78.8 Å². The molecule has 1 aliphatic carbocycles. The third-order valence-corrected chi connectivity index (χ3v) is 9.77. The topological polar surface area (TPSA) is 51.6 Å². The van der Waals surface area contributed by atoms with E-state index < -0.39 is 0 Å². The maximum atomic E-state index is 4.89. The first-order valence-corrected chi connectivity index (χ1v) is 13.9. The van der Waals surface area contributed by atoms with Crippen LogP contribution < -0.4 is 0 Å². The summed E-state index contributed by atoms with van der Waals surface area (Å²) in [7, 11) is 0. The maximum Gasteiger partial charge on any atom is 0.165 e. The van der Waals surface area contributed by atoms with Crippen LogP contribution in [0.2, 0.25) is 0 Å². The van der Waals surface area contributed by atoms with Crippen LogP contribution in [0.15, 0.2) is 85.1 Å². The van der Waals surface area contributed by atoms with E-state index in [9.17, 15) is 0 Å². The molecule has 0 aliphatic heterocycles. The van der Waals surface area contributed by atoms with Gasteiger partial charge < -0.3 is 4.98 Å². The Morgan fingerprint density at radius 1 is 0.634 bits per heavy atom.